The molecule has 0 unspecified atom stereocenters. The molecule has 0 aliphatic carbocycles. The third-order valence-electron chi connectivity index (χ3n) is 5.78. The number of hydrogen-bond donors (Lipinski definition) is 1. The third kappa shape index (κ3) is 5.79. The van der Waals surface area contributed by atoms with Gasteiger partial charge in [0.25, 0.3) is 0 Å². The van der Waals surface area contributed by atoms with E-state index in [0.717, 1.165) is 55.9 Å². The molecule has 2 saturated heterocycles. The van der Waals surface area contributed by atoms with Crippen molar-refractivity contribution in [3.05, 3.63) is 65.7 Å². The van der Waals surface area contributed by atoms with Gasteiger partial charge in [-0.15, -0.1) is 0 Å². The topological polar surface area (TPSA) is 88.0 Å². The van der Waals surface area contributed by atoms with Crippen molar-refractivity contribution in [1.29, 1.82) is 0 Å². The molecule has 5 rings (SSSR count). The molecule has 9 nitrogen and oxygen atoms in total. The summed E-state index contributed by atoms with van der Waals surface area (Å²) in [5.41, 5.74) is 5.04. The predicted molar refractivity (Wildman–Crippen MR) is 133 cm³/mol. The van der Waals surface area contributed by atoms with E-state index in [9.17, 15) is 0 Å². The van der Waals surface area contributed by atoms with Crippen molar-refractivity contribution in [2.75, 3.05) is 54.6 Å². The molecule has 2 aromatic carbocycles. The largest absolute Gasteiger partial charge is 0.489 e. The van der Waals surface area contributed by atoms with Gasteiger partial charge in [-0.2, -0.15) is 20.1 Å². The van der Waals surface area contributed by atoms with Crippen LogP contribution in [0.4, 0.5) is 17.8 Å². The summed E-state index contributed by atoms with van der Waals surface area (Å²) in [6.45, 7) is 5.33. The third-order valence-corrected chi connectivity index (χ3v) is 5.78. The number of anilines is 3. The van der Waals surface area contributed by atoms with E-state index >= 15 is 0 Å². The molecule has 1 aromatic heterocycles. The van der Waals surface area contributed by atoms with E-state index in [-0.39, 0.29) is 0 Å². The van der Waals surface area contributed by atoms with Gasteiger partial charge in [-0.3, -0.25) is 0 Å². The number of hydrazone groups is 1. The molecule has 0 atom stereocenters. The average Bonchev–Trinajstić information content (AvgIpc) is 3.44. The number of rotatable bonds is 8. The number of hydrogen-bond acceptors (Lipinski definition) is 9. The average molecular weight is 460 g/mol. The summed E-state index contributed by atoms with van der Waals surface area (Å²) in [6, 6.07) is 17.9. The maximum Gasteiger partial charge on any atom is 0.250 e. The minimum Gasteiger partial charge on any atom is -0.489 e. The van der Waals surface area contributed by atoms with Crippen molar-refractivity contribution < 1.29 is 9.47 Å². The highest BCUT2D eigenvalue weighted by Crippen LogP contribution is 2.21. The van der Waals surface area contributed by atoms with Gasteiger partial charge in [-0.05, 0) is 36.1 Å². The number of benzene rings is 2. The SMILES string of the molecule is C(=N/Nc1nc(N2CCCC2)nc(N2CCOCC2)n1)/c1cccc(OCc2ccccc2)c1. The van der Waals surface area contributed by atoms with Gasteiger partial charge in [-0.25, -0.2) is 5.43 Å². The van der Waals surface area contributed by atoms with Crippen LogP contribution in [0.15, 0.2) is 59.7 Å². The molecule has 9 heteroatoms. The number of nitrogens with one attached hydrogen (secondary N) is 1. The Hall–Kier alpha value is -3.72. The van der Waals surface area contributed by atoms with Gasteiger partial charge < -0.3 is 19.3 Å². The highest BCUT2D eigenvalue weighted by Gasteiger charge is 2.21. The predicted octanol–water partition coefficient (Wildman–Crippen LogP) is 3.33. The first kappa shape index (κ1) is 22.1. The second-order valence-electron chi connectivity index (χ2n) is 8.27. The van der Waals surface area contributed by atoms with Crippen LogP contribution in [-0.2, 0) is 11.3 Å². The Balaban J connectivity index is 1.27. The van der Waals surface area contributed by atoms with Crippen molar-refractivity contribution in [1.82, 2.24) is 15.0 Å². The van der Waals surface area contributed by atoms with Crippen LogP contribution in [0.3, 0.4) is 0 Å². The Kier molecular flexibility index (Phi) is 7.10. The van der Waals surface area contributed by atoms with Gasteiger partial charge in [-0.1, -0.05) is 42.5 Å². The summed E-state index contributed by atoms with van der Waals surface area (Å²) < 4.78 is 11.4. The molecule has 3 heterocycles. The number of aromatic nitrogens is 3. The molecule has 0 saturated carbocycles. The molecule has 3 aromatic rings. The highest BCUT2D eigenvalue weighted by atomic mass is 16.5. The maximum atomic E-state index is 5.92. The highest BCUT2D eigenvalue weighted by molar-refractivity contribution is 5.80. The van der Waals surface area contributed by atoms with E-state index in [0.29, 0.717) is 37.7 Å². The van der Waals surface area contributed by atoms with Crippen molar-refractivity contribution in [3.8, 4) is 5.75 Å². The molecular weight excluding hydrogens is 430 g/mol. The molecule has 0 spiro atoms. The summed E-state index contributed by atoms with van der Waals surface area (Å²) in [7, 11) is 0. The Morgan fingerprint density at radius 3 is 2.38 bits per heavy atom. The molecule has 1 N–H and O–H groups in total. The van der Waals surface area contributed by atoms with Crippen LogP contribution in [0.5, 0.6) is 5.75 Å². The van der Waals surface area contributed by atoms with Gasteiger partial charge in [0.05, 0.1) is 19.4 Å². The first-order valence-electron chi connectivity index (χ1n) is 11.7. The monoisotopic (exact) mass is 459 g/mol. The molecule has 0 radical (unpaired) electrons. The van der Waals surface area contributed by atoms with E-state index < -0.39 is 0 Å². The van der Waals surface area contributed by atoms with Gasteiger partial charge in [0, 0.05) is 26.2 Å². The molecule has 2 aliphatic heterocycles. The van der Waals surface area contributed by atoms with E-state index in [4.69, 9.17) is 14.5 Å². The molecule has 176 valence electrons. The molecule has 0 bridgehead atoms. The minimum absolute atomic E-state index is 0.436. The van der Waals surface area contributed by atoms with E-state index in [1.54, 1.807) is 6.21 Å². The number of morpholine rings is 1. The van der Waals surface area contributed by atoms with E-state index in [2.05, 4.69) is 30.3 Å². The van der Waals surface area contributed by atoms with Crippen LogP contribution in [0.2, 0.25) is 0 Å². The van der Waals surface area contributed by atoms with Crippen LogP contribution < -0.4 is 20.0 Å². The maximum absolute atomic E-state index is 5.92. The minimum atomic E-state index is 0.436. The zero-order chi connectivity index (χ0) is 23.0. The summed E-state index contributed by atoms with van der Waals surface area (Å²) >= 11 is 0. The van der Waals surface area contributed by atoms with Crippen LogP contribution in [0, 0.1) is 0 Å². The van der Waals surface area contributed by atoms with Gasteiger partial charge in [0.1, 0.15) is 12.4 Å². The van der Waals surface area contributed by atoms with Crippen LogP contribution >= 0.6 is 0 Å². The second kappa shape index (κ2) is 10.9. The lowest BCUT2D eigenvalue weighted by atomic mass is 10.2. The Labute approximate surface area is 199 Å². The fourth-order valence-electron chi connectivity index (χ4n) is 3.96. The number of ether oxygens (including phenoxy) is 2. The Bertz CT molecular complexity index is 1100. The van der Waals surface area contributed by atoms with E-state index in [1.807, 2.05) is 54.6 Å². The molecule has 2 aliphatic rings. The van der Waals surface area contributed by atoms with Crippen molar-refractivity contribution in [2.24, 2.45) is 5.10 Å². The fourth-order valence-corrected chi connectivity index (χ4v) is 3.96. The summed E-state index contributed by atoms with van der Waals surface area (Å²) in [5, 5.41) is 4.38. The van der Waals surface area contributed by atoms with Gasteiger partial charge in [0.15, 0.2) is 0 Å². The lowest BCUT2D eigenvalue weighted by Crippen LogP contribution is -2.38. The normalized spacial score (nSPS) is 16.2. The molecule has 2 fully saturated rings. The van der Waals surface area contributed by atoms with Crippen molar-refractivity contribution in [3.63, 3.8) is 0 Å². The summed E-state index contributed by atoms with van der Waals surface area (Å²) in [4.78, 5) is 18.3. The fraction of sp³-hybridized carbons (Fsp3) is 0.360. The van der Waals surface area contributed by atoms with E-state index in [1.165, 1.54) is 0 Å². The number of nitrogens with zero attached hydrogens (tertiary/aromatic N) is 6. The van der Waals surface area contributed by atoms with Crippen LogP contribution in [0.1, 0.15) is 24.0 Å². The van der Waals surface area contributed by atoms with Crippen LogP contribution in [-0.4, -0.2) is 60.6 Å². The van der Waals surface area contributed by atoms with Gasteiger partial charge >= 0.3 is 0 Å². The standard InChI is InChI=1S/C25H29N7O2/c1-2-7-20(8-3-1)19-34-22-10-6-9-21(17-22)18-26-30-23-27-24(31-11-4-5-12-31)29-25(28-23)32-13-15-33-16-14-32/h1-3,6-10,17-18H,4-5,11-16,19H2,(H,27,28,29,30)/b26-18-. The lowest BCUT2D eigenvalue weighted by Gasteiger charge is -2.27. The smallest absolute Gasteiger partial charge is 0.250 e. The van der Waals surface area contributed by atoms with Gasteiger partial charge in [0.2, 0.25) is 17.8 Å². The summed E-state index contributed by atoms with van der Waals surface area (Å²) in [5.74, 6) is 2.59. The molecule has 0 amide bonds. The quantitative estimate of drug-likeness (QED) is 0.405. The Morgan fingerprint density at radius 1 is 0.882 bits per heavy atom. The Morgan fingerprint density at radius 2 is 1.62 bits per heavy atom. The zero-order valence-electron chi connectivity index (χ0n) is 19.1. The lowest BCUT2D eigenvalue weighted by molar-refractivity contribution is 0.122. The van der Waals surface area contributed by atoms with Crippen LogP contribution in [0.25, 0.3) is 0 Å². The van der Waals surface area contributed by atoms with Crippen molar-refractivity contribution in [2.45, 2.75) is 19.4 Å². The second-order valence-corrected chi connectivity index (χ2v) is 8.27. The van der Waals surface area contributed by atoms with Crippen molar-refractivity contribution >= 4 is 24.1 Å². The zero-order valence-corrected chi connectivity index (χ0v) is 19.1. The first-order valence-corrected chi connectivity index (χ1v) is 11.7. The first-order chi connectivity index (χ1) is 16.8. The molecular formula is C25H29N7O2. The summed E-state index contributed by atoms with van der Waals surface area (Å²) in [6.07, 6.45) is 4.05. The molecule has 34 heavy (non-hydrogen) atoms.